The number of ether oxygens (including phenoxy) is 1. The molecule has 3 rings (SSSR count). The highest BCUT2D eigenvalue weighted by molar-refractivity contribution is 5.86. The Balaban J connectivity index is 1.89. The van der Waals surface area contributed by atoms with Crippen molar-refractivity contribution in [1.29, 1.82) is 0 Å². The fourth-order valence-electron chi connectivity index (χ4n) is 3.62. The zero-order valence-electron chi connectivity index (χ0n) is 20.1. The maximum Gasteiger partial charge on any atom is 0.450 e. The van der Waals surface area contributed by atoms with Crippen molar-refractivity contribution in [2.24, 2.45) is 16.7 Å². The first-order chi connectivity index (χ1) is 16.8. The number of hydrogen-bond donors (Lipinski definition) is 3. The van der Waals surface area contributed by atoms with Crippen LogP contribution in [0.3, 0.4) is 0 Å². The van der Waals surface area contributed by atoms with Crippen molar-refractivity contribution >= 4 is 22.9 Å². The standard InChI is InChI=1S/C23H28F4N8O/c1-12(2)36-20-8-16(19(32-29)9-17(20)24)13(3)18-10-21(31-11-30-18)34-6-7-35(15(5)14(34)4)33-22(28)23(25,26)27/h8-12,14,32H,3,5-7,29H2,1-2,4H3,(H2,28,33). The number of nitrogens with one attached hydrogen (secondary N) is 1. The number of halogens is 4. The summed E-state index contributed by atoms with van der Waals surface area (Å²) in [6.07, 6.45) is -3.66. The summed E-state index contributed by atoms with van der Waals surface area (Å²) >= 11 is 0. The molecule has 36 heavy (non-hydrogen) atoms. The average molecular weight is 509 g/mol. The van der Waals surface area contributed by atoms with Crippen LogP contribution in [0, 0.1) is 5.82 Å². The van der Waals surface area contributed by atoms with Crippen molar-refractivity contribution < 1.29 is 22.3 Å². The molecule has 2 aromatic rings. The summed E-state index contributed by atoms with van der Waals surface area (Å²) in [5.41, 5.74) is 9.45. The molecule has 194 valence electrons. The molecule has 1 saturated heterocycles. The molecule has 1 atom stereocenters. The van der Waals surface area contributed by atoms with Gasteiger partial charge in [0.25, 0.3) is 0 Å². The van der Waals surface area contributed by atoms with Crippen LogP contribution in [-0.4, -0.2) is 52.2 Å². The Labute approximate surface area is 206 Å². The Kier molecular flexibility index (Phi) is 7.72. The van der Waals surface area contributed by atoms with Crippen LogP contribution in [0.25, 0.3) is 5.57 Å². The zero-order valence-corrected chi connectivity index (χ0v) is 20.1. The van der Waals surface area contributed by atoms with Crippen LogP contribution in [0.5, 0.6) is 5.75 Å². The highest BCUT2D eigenvalue weighted by Gasteiger charge is 2.36. The lowest BCUT2D eigenvalue weighted by Crippen LogP contribution is -2.49. The summed E-state index contributed by atoms with van der Waals surface area (Å²) in [6.45, 7) is 13.7. The van der Waals surface area contributed by atoms with E-state index in [0.717, 1.165) is 5.01 Å². The first kappa shape index (κ1) is 26.7. The smallest absolute Gasteiger partial charge is 0.450 e. The summed E-state index contributed by atoms with van der Waals surface area (Å²) in [4.78, 5) is 10.4. The number of nitrogens with zero attached hydrogens (tertiary/aromatic N) is 5. The minimum atomic E-state index is -4.74. The number of nitrogen functional groups attached to an aromatic ring is 1. The average Bonchev–Trinajstić information content (AvgIpc) is 2.81. The highest BCUT2D eigenvalue weighted by atomic mass is 19.4. The lowest BCUT2D eigenvalue weighted by molar-refractivity contribution is -0.0611. The van der Waals surface area contributed by atoms with Gasteiger partial charge in [-0.05, 0) is 26.8 Å². The van der Waals surface area contributed by atoms with E-state index in [1.165, 1.54) is 18.5 Å². The number of aromatic nitrogens is 2. The number of amidine groups is 1. The third-order valence-electron chi connectivity index (χ3n) is 5.52. The molecule has 2 heterocycles. The van der Waals surface area contributed by atoms with Crippen LogP contribution in [0.2, 0.25) is 0 Å². The van der Waals surface area contributed by atoms with E-state index in [0.29, 0.717) is 28.3 Å². The second-order valence-corrected chi connectivity index (χ2v) is 8.35. The van der Waals surface area contributed by atoms with E-state index in [2.05, 4.69) is 33.7 Å². The van der Waals surface area contributed by atoms with Gasteiger partial charge < -0.3 is 20.8 Å². The minimum Gasteiger partial charge on any atom is -0.488 e. The number of hydrazine groups is 1. The van der Waals surface area contributed by atoms with Crippen molar-refractivity contribution in [3.8, 4) is 5.75 Å². The lowest BCUT2D eigenvalue weighted by Gasteiger charge is -2.41. The molecule has 0 spiro atoms. The third-order valence-corrected chi connectivity index (χ3v) is 5.52. The molecular formula is C23H28F4N8O. The number of nitrogens with two attached hydrogens (primary N) is 2. The Morgan fingerprint density at radius 3 is 2.56 bits per heavy atom. The molecule has 0 aliphatic carbocycles. The Morgan fingerprint density at radius 1 is 1.25 bits per heavy atom. The number of alkyl halides is 3. The Morgan fingerprint density at radius 2 is 1.94 bits per heavy atom. The van der Waals surface area contributed by atoms with E-state index in [-0.39, 0.29) is 30.6 Å². The molecular weight excluding hydrogens is 480 g/mol. The van der Waals surface area contributed by atoms with Gasteiger partial charge in [0.2, 0.25) is 5.84 Å². The topological polar surface area (TPSA) is 118 Å². The van der Waals surface area contributed by atoms with Crippen LogP contribution >= 0.6 is 0 Å². The summed E-state index contributed by atoms with van der Waals surface area (Å²) in [5, 5.41) is 4.61. The molecule has 0 radical (unpaired) electrons. The number of hydrazone groups is 1. The van der Waals surface area contributed by atoms with E-state index in [9.17, 15) is 17.6 Å². The van der Waals surface area contributed by atoms with Crippen molar-refractivity contribution in [3.05, 3.63) is 60.5 Å². The fraction of sp³-hybridized carbons (Fsp3) is 0.348. The van der Waals surface area contributed by atoms with Gasteiger partial charge in [0.05, 0.1) is 35.8 Å². The lowest BCUT2D eigenvalue weighted by atomic mass is 10.0. The van der Waals surface area contributed by atoms with Gasteiger partial charge in [-0.25, -0.2) is 14.4 Å². The maximum atomic E-state index is 14.4. The van der Waals surface area contributed by atoms with Crippen LogP contribution in [0.4, 0.5) is 29.1 Å². The second-order valence-electron chi connectivity index (χ2n) is 8.35. The molecule has 9 nitrogen and oxygen atoms in total. The monoisotopic (exact) mass is 508 g/mol. The number of anilines is 2. The molecule has 0 bridgehead atoms. The first-order valence-electron chi connectivity index (χ1n) is 11.0. The van der Waals surface area contributed by atoms with Crippen LogP contribution in [0.15, 0.2) is 48.5 Å². The molecule has 0 amide bonds. The van der Waals surface area contributed by atoms with Crippen LogP contribution in [0.1, 0.15) is 32.0 Å². The number of piperazine rings is 1. The summed E-state index contributed by atoms with van der Waals surface area (Å²) in [7, 11) is 0. The van der Waals surface area contributed by atoms with E-state index in [1.807, 2.05) is 4.90 Å². The van der Waals surface area contributed by atoms with Crippen molar-refractivity contribution in [2.45, 2.75) is 39.1 Å². The molecule has 1 unspecified atom stereocenters. The number of benzene rings is 1. The van der Waals surface area contributed by atoms with Gasteiger partial charge in [-0.2, -0.15) is 18.3 Å². The number of rotatable bonds is 7. The first-order valence-corrected chi connectivity index (χ1v) is 11.0. The Bertz CT molecular complexity index is 1180. The van der Waals surface area contributed by atoms with Crippen molar-refractivity contribution in [3.63, 3.8) is 0 Å². The third kappa shape index (κ3) is 5.67. The molecule has 1 aliphatic heterocycles. The van der Waals surface area contributed by atoms with E-state index < -0.39 is 23.9 Å². The Hall–Kier alpha value is -3.87. The van der Waals surface area contributed by atoms with Gasteiger partial charge in [0, 0.05) is 29.8 Å². The van der Waals surface area contributed by atoms with E-state index >= 15 is 0 Å². The van der Waals surface area contributed by atoms with E-state index in [1.54, 1.807) is 26.8 Å². The van der Waals surface area contributed by atoms with Gasteiger partial charge in [-0.15, -0.1) is 0 Å². The van der Waals surface area contributed by atoms with Crippen molar-refractivity contribution in [1.82, 2.24) is 15.0 Å². The molecule has 13 heteroatoms. The summed E-state index contributed by atoms with van der Waals surface area (Å²) < 4.78 is 58.4. The molecule has 1 aromatic carbocycles. The SMILES string of the molecule is C=C(c1cc(N2CCN(/N=C(\N)C(F)(F)F)C(=C)C2C)ncn1)c1cc(OC(C)C)c(F)cc1NN. The minimum absolute atomic E-state index is 0.0363. The molecule has 1 fully saturated rings. The summed E-state index contributed by atoms with van der Waals surface area (Å²) in [6, 6.07) is 3.92. The van der Waals surface area contributed by atoms with Gasteiger partial charge in [0.1, 0.15) is 12.1 Å². The van der Waals surface area contributed by atoms with Crippen LogP contribution in [-0.2, 0) is 0 Å². The van der Waals surface area contributed by atoms with E-state index in [4.69, 9.17) is 16.3 Å². The predicted octanol–water partition coefficient (Wildman–Crippen LogP) is 3.61. The predicted molar refractivity (Wildman–Crippen MR) is 130 cm³/mol. The summed E-state index contributed by atoms with van der Waals surface area (Å²) in [5.74, 6) is 4.09. The largest absolute Gasteiger partial charge is 0.488 e. The maximum absolute atomic E-state index is 14.4. The molecule has 1 aliphatic rings. The zero-order chi connectivity index (χ0) is 26.8. The number of hydrogen-bond acceptors (Lipinski definition) is 8. The fourth-order valence-corrected chi connectivity index (χ4v) is 3.62. The molecule has 0 saturated carbocycles. The van der Waals surface area contributed by atoms with Gasteiger partial charge in [0.15, 0.2) is 11.6 Å². The second kappa shape index (κ2) is 10.4. The highest BCUT2D eigenvalue weighted by Crippen LogP contribution is 2.34. The normalized spacial score (nSPS) is 17.0. The molecule has 5 N–H and O–H groups in total. The van der Waals surface area contributed by atoms with Gasteiger partial charge in [-0.1, -0.05) is 13.2 Å². The quantitative estimate of drug-likeness (QED) is 0.171. The van der Waals surface area contributed by atoms with Gasteiger partial charge in [-0.3, -0.25) is 10.9 Å². The van der Waals surface area contributed by atoms with Crippen molar-refractivity contribution in [2.75, 3.05) is 23.4 Å². The van der Waals surface area contributed by atoms with Crippen LogP contribution < -0.4 is 26.6 Å². The van der Waals surface area contributed by atoms with Gasteiger partial charge >= 0.3 is 6.18 Å². The molecule has 1 aromatic heterocycles.